The molecule has 29 heavy (non-hydrogen) atoms. The van der Waals surface area contributed by atoms with Gasteiger partial charge in [0.15, 0.2) is 0 Å². The highest BCUT2D eigenvalue weighted by Gasteiger charge is 2.26. The molecular formula is C21H19ClN2O4S. The first-order valence-corrected chi connectivity index (χ1v) is 10.9. The summed E-state index contributed by atoms with van der Waals surface area (Å²) in [5.74, 6) is 0.601. The number of ether oxygens (including phenoxy) is 1. The van der Waals surface area contributed by atoms with Crippen molar-refractivity contribution >= 4 is 49.7 Å². The second-order valence-electron chi connectivity index (χ2n) is 7.25. The van der Waals surface area contributed by atoms with Gasteiger partial charge in [-0.2, -0.15) is 0 Å². The van der Waals surface area contributed by atoms with Crippen molar-refractivity contribution in [2.75, 3.05) is 16.6 Å². The van der Waals surface area contributed by atoms with E-state index in [1.54, 1.807) is 36.4 Å². The van der Waals surface area contributed by atoms with Gasteiger partial charge in [0, 0.05) is 22.0 Å². The Kier molecular flexibility index (Phi) is 4.88. The molecule has 0 saturated carbocycles. The lowest BCUT2D eigenvalue weighted by atomic mass is 10.1. The standard InChI is InChI=1S/C21H19ClN2O4S/c1-12(2)11-28-18-8-6-13(10-16(18)22)24-29(26,27)19-9-7-17-20-14(19)4-3-5-15(20)21(25)23-17/h3-10,12,24H,11H2,1-2H3,(H,23,25). The molecule has 0 unspecified atom stereocenters. The van der Waals surface area contributed by atoms with Crippen LogP contribution in [0.2, 0.25) is 5.02 Å². The van der Waals surface area contributed by atoms with Crippen LogP contribution in [0.1, 0.15) is 24.2 Å². The average molecular weight is 431 g/mol. The quantitative estimate of drug-likeness (QED) is 0.582. The molecule has 1 heterocycles. The van der Waals surface area contributed by atoms with E-state index in [0.29, 0.717) is 51.0 Å². The lowest BCUT2D eigenvalue weighted by Crippen LogP contribution is -2.13. The molecule has 0 radical (unpaired) electrons. The van der Waals surface area contributed by atoms with E-state index in [9.17, 15) is 13.2 Å². The van der Waals surface area contributed by atoms with Crippen molar-refractivity contribution in [1.82, 2.24) is 0 Å². The van der Waals surface area contributed by atoms with Gasteiger partial charge in [-0.15, -0.1) is 0 Å². The van der Waals surface area contributed by atoms with E-state index in [1.807, 2.05) is 13.8 Å². The topological polar surface area (TPSA) is 84.5 Å². The molecule has 6 nitrogen and oxygen atoms in total. The Balaban J connectivity index is 1.68. The summed E-state index contributed by atoms with van der Waals surface area (Å²) in [5.41, 5.74) is 1.39. The van der Waals surface area contributed by atoms with Gasteiger partial charge in [0.25, 0.3) is 15.9 Å². The molecule has 3 aromatic carbocycles. The number of carbonyl (C=O) groups is 1. The fourth-order valence-electron chi connectivity index (χ4n) is 3.25. The summed E-state index contributed by atoms with van der Waals surface area (Å²) >= 11 is 6.24. The van der Waals surface area contributed by atoms with Gasteiger partial charge in [0.1, 0.15) is 5.75 Å². The summed E-state index contributed by atoms with van der Waals surface area (Å²) in [5, 5.41) is 4.16. The van der Waals surface area contributed by atoms with E-state index < -0.39 is 10.0 Å². The van der Waals surface area contributed by atoms with E-state index in [4.69, 9.17) is 16.3 Å². The number of amides is 1. The van der Waals surface area contributed by atoms with Gasteiger partial charge in [0.05, 0.1) is 22.2 Å². The number of sulfonamides is 1. The zero-order valence-corrected chi connectivity index (χ0v) is 17.4. The van der Waals surface area contributed by atoms with Crippen LogP contribution in [0.4, 0.5) is 11.4 Å². The number of hydrogen-bond acceptors (Lipinski definition) is 4. The monoisotopic (exact) mass is 430 g/mol. The molecule has 0 atom stereocenters. The minimum Gasteiger partial charge on any atom is -0.492 e. The maximum atomic E-state index is 13.1. The molecule has 1 aliphatic rings. The van der Waals surface area contributed by atoms with E-state index in [2.05, 4.69) is 10.0 Å². The van der Waals surface area contributed by atoms with Crippen LogP contribution in [-0.2, 0) is 10.0 Å². The van der Waals surface area contributed by atoms with Crippen molar-refractivity contribution in [2.24, 2.45) is 5.92 Å². The maximum Gasteiger partial charge on any atom is 0.262 e. The molecule has 1 amide bonds. The number of halogens is 1. The Bertz CT molecular complexity index is 1240. The average Bonchev–Trinajstić information content (AvgIpc) is 2.98. The molecule has 4 rings (SSSR count). The highest BCUT2D eigenvalue weighted by atomic mass is 35.5. The molecule has 3 aromatic rings. The smallest absolute Gasteiger partial charge is 0.262 e. The van der Waals surface area contributed by atoms with Gasteiger partial charge in [-0.3, -0.25) is 9.52 Å². The van der Waals surface area contributed by atoms with Crippen molar-refractivity contribution < 1.29 is 17.9 Å². The number of hydrogen-bond donors (Lipinski definition) is 2. The summed E-state index contributed by atoms with van der Waals surface area (Å²) in [7, 11) is -3.91. The summed E-state index contributed by atoms with van der Waals surface area (Å²) in [6, 6.07) is 12.9. The van der Waals surface area contributed by atoms with Crippen molar-refractivity contribution in [3.63, 3.8) is 0 Å². The van der Waals surface area contributed by atoms with Crippen molar-refractivity contribution in [3.05, 3.63) is 59.1 Å². The normalized spacial score (nSPS) is 13.0. The number of benzene rings is 3. The lowest BCUT2D eigenvalue weighted by Gasteiger charge is -2.14. The van der Waals surface area contributed by atoms with Crippen LogP contribution >= 0.6 is 11.6 Å². The molecule has 0 aromatic heterocycles. The first-order valence-electron chi connectivity index (χ1n) is 9.08. The zero-order valence-electron chi connectivity index (χ0n) is 15.8. The minimum absolute atomic E-state index is 0.0888. The molecule has 0 aliphatic carbocycles. The first-order chi connectivity index (χ1) is 13.8. The lowest BCUT2D eigenvalue weighted by molar-refractivity contribution is 0.103. The van der Waals surface area contributed by atoms with Gasteiger partial charge < -0.3 is 10.1 Å². The van der Waals surface area contributed by atoms with Gasteiger partial charge in [-0.05, 0) is 42.3 Å². The summed E-state index contributed by atoms with van der Waals surface area (Å²) < 4.78 is 34.3. The Hall–Kier alpha value is -2.77. The molecule has 2 N–H and O–H groups in total. The van der Waals surface area contributed by atoms with Gasteiger partial charge in [-0.25, -0.2) is 8.42 Å². The number of carbonyl (C=O) groups excluding carboxylic acids is 1. The Morgan fingerprint density at radius 3 is 2.66 bits per heavy atom. The summed E-state index contributed by atoms with van der Waals surface area (Å²) in [4.78, 5) is 12.1. The Morgan fingerprint density at radius 1 is 1.14 bits per heavy atom. The fourth-order valence-corrected chi connectivity index (χ4v) is 4.73. The molecule has 0 bridgehead atoms. The molecule has 1 aliphatic heterocycles. The molecule has 0 fully saturated rings. The van der Waals surface area contributed by atoms with Gasteiger partial charge in [-0.1, -0.05) is 37.6 Å². The van der Waals surface area contributed by atoms with Gasteiger partial charge >= 0.3 is 0 Å². The van der Waals surface area contributed by atoms with E-state index in [0.717, 1.165) is 0 Å². The van der Waals surface area contributed by atoms with Gasteiger partial charge in [0.2, 0.25) is 0 Å². The fraction of sp³-hybridized carbons (Fsp3) is 0.190. The number of nitrogens with one attached hydrogen (secondary N) is 2. The third kappa shape index (κ3) is 3.63. The second-order valence-corrected chi connectivity index (χ2v) is 9.31. The number of rotatable bonds is 6. The van der Waals surface area contributed by atoms with Crippen LogP contribution in [0.3, 0.4) is 0 Å². The predicted molar refractivity (Wildman–Crippen MR) is 114 cm³/mol. The zero-order chi connectivity index (χ0) is 20.8. The predicted octanol–water partition coefficient (Wildman–Crippen LogP) is 4.89. The Morgan fingerprint density at radius 2 is 1.93 bits per heavy atom. The Labute approximate surface area is 173 Å². The van der Waals surface area contributed by atoms with E-state index in [-0.39, 0.29) is 10.8 Å². The van der Waals surface area contributed by atoms with Crippen LogP contribution in [0, 0.1) is 5.92 Å². The highest BCUT2D eigenvalue weighted by Crippen LogP contribution is 2.37. The molecular weight excluding hydrogens is 412 g/mol. The highest BCUT2D eigenvalue weighted by molar-refractivity contribution is 7.93. The first kappa shape index (κ1) is 19.5. The van der Waals surface area contributed by atoms with Crippen molar-refractivity contribution in [1.29, 1.82) is 0 Å². The number of anilines is 2. The minimum atomic E-state index is -3.91. The van der Waals surface area contributed by atoms with Crippen LogP contribution < -0.4 is 14.8 Å². The molecule has 0 saturated heterocycles. The third-order valence-electron chi connectivity index (χ3n) is 4.54. The molecule has 0 spiro atoms. The van der Waals surface area contributed by atoms with Crippen LogP contribution in [0.15, 0.2) is 53.4 Å². The van der Waals surface area contributed by atoms with Crippen LogP contribution in [0.5, 0.6) is 5.75 Å². The largest absolute Gasteiger partial charge is 0.492 e. The maximum absolute atomic E-state index is 13.1. The second kappa shape index (κ2) is 7.24. The third-order valence-corrected chi connectivity index (χ3v) is 6.27. The van der Waals surface area contributed by atoms with Crippen molar-refractivity contribution in [2.45, 2.75) is 18.7 Å². The van der Waals surface area contributed by atoms with E-state index >= 15 is 0 Å². The summed E-state index contributed by atoms with van der Waals surface area (Å²) in [6.45, 7) is 4.56. The molecule has 8 heteroatoms. The van der Waals surface area contributed by atoms with E-state index in [1.165, 1.54) is 12.1 Å². The SMILES string of the molecule is CC(C)COc1ccc(NS(=O)(=O)c2ccc3c4c(cccc24)C(=O)N3)cc1Cl. The molecule has 150 valence electrons. The van der Waals surface area contributed by atoms with Crippen molar-refractivity contribution in [3.8, 4) is 5.75 Å². The van der Waals surface area contributed by atoms with Crippen LogP contribution in [0.25, 0.3) is 10.8 Å². The summed E-state index contributed by atoms with van der Waals surface area (Å²) in [6.07, 6.45) is 0. The van der Waals surface area contributed by atoms with Crippen LogP contribution in [-0.4, -0.2) is 20.9 Å².